The van der Waals surface area contributed by atoms with E-state index in [4.69, 9.17) is 33.2 Å². The number of nitrogens with zero attached hydrogens (tertiary/aromatic N) is 1. The van der Waals surface area contributed by atoms with E-state index < -0.39 is 5.97 Å². The lowest BCUT2D eigenvalue weighted by Crippen LogP contribution is -2.09. The molecule has 0 unspecified atom stereocenters. The highest BCUT2D eigenvalue weighted by Crippen LogP contribution is 2.26. The lowest BCUT2D eigenvalue weighted by Gasteiger charge is -2.09. The molecule has 0 aliphatic carbocycles. The summed E-state index contributed by atoms with van der Waals surface area (Å²) in [5.41, 5.74) is 0.972. The zero-order valence-electron chi connectivity index (χ0n) is 8.59. The molecule has 0 atom stereocenters. The van der Waals surface area contributed by atoms with Crippen LogP contribution in [0.2, 0.25) is 5.02 Å². The smallest absolute Gasteiger partial charge is 0.340 e. The van der Waals surface area contributed by atoms with E-state index in [9.17, 15) is 4.79 Å². The van der Waals surface area contributed by atoms with E-state index in [2.05, 4.69) is 0 Å². The molecule has 0 aromatic heterocycles. The summed E-state index contributed by atoms with van der Waals surface area (Å²) < 4.78 is 4.86. The Morgan fingerprint density at radius 3 is 2.75 bits per heavy atom. The van der Waals surface area contributed by atoms with Crippen molar-refractivity contribution in [2.24, 2.45) is 0 Å². The van der Waals surface area contributed by atoms with Crippen LogP contribution in [0.4, 0.5) is 0 Å². The molecule has 0 radical (unpaired) electrons. The highest BCUT2D eigenvalue weighted by molar-refractivity contribution is 6.35. The Morgan fingerprint density at radius 1 is 1.56 bits per heavy atom. The van der Waals surface area contributed by atoms with Crippen LogP contribution in [0.25, 0.3) is 0 Å². The fourth-order valence-corrected chi connectivity index (χ4v) is 1.76. The maximum absolute atomic E-state index is 11.6. The number of hydrogen-bond donors (Lipinski definition) is 0. The fraction of sp³-hybridized carbons (Fsp3) is 0.273. The minimum absolute atomic E-state index is 0.0964. The zero-order chi connectivity index (χ0) is 12.1. The Balaban J connectivity index is 3.33. The van der Waals surface area contributed by atoms with E-state index in [1.54, 1.807) is 13.0 Å². The average Bonchev–Trinajstić information content (AvgIpc) is 2.28. The van der Waals surface area contributed by atoms with Crippen LogP contribution in [0.3, 0.4) is 0 Å². The lowest BCUT2D eigenvalue weighted by atomic mass is 10.1. The number of ether oxygens (including phenoxy) is 1. The quantitative estimate of drug-likeness (QED) is 0.618. The molecule has 0 heterocycles. The van der Waals surface area contributed by atoms with Crippen LogP contribution in [0, 0.1) is 11.3 Å². The second kappa shape index (κ2) is 5.74. The predicted molar refractivity (Wildman–Crippen MR) is 61.7 cm³/mol. The third-order valence-electron chi connectivity index (χ3n) is 1.97. The molecule has 5 heteroatoms. The highest BCUT2D eigenvalue weighted by atomic mass is 35.5. The van der Waals surface area contributed by atoms with Gasteiger partial charge in [0, 0.05) is 5.88 Å². The van der Waals surface area contributed by atoms with Crippen molar-refractivity contribution in [2.75, 3.05) is 6.61 Å². The van der Waals surface area contributed by atoms with Crippen LogP contribution in [0.15, 0.2) is 12.1 Å². The Hall–Kier alpha value is -1.24. The molecule has 0 saturated heterocycles. The summed E-state index contributed by atoms with van der Waals surface area (Å²) in [6.07, 6.45) is 0. The molecule has 1 rings (SSSR count). The van der Waals surface area contributed by atoms with Gasteiger partial charge in [-0.05, 0) is 18.6 Å². The monoisotopic (exact) mass is 257 g/mol. The number of halogens is 2. The molecule has 3 nitrogen and oxygen atoms in total. The van der Waals surface area contributed by atoms with Gasteiger partial charge >= 0.3 is 5.97 Å². The Bertz CT molecular complexity index is 452. The second-order valence-corrected chi connectivity index (χ2v) is 3.57. The van der Waals surface area contributed by atoms with Gasteiger partial charge in [0.25, 0.3) is 0 Å². The van der Waals surface area contributed by atoms with E-state index in [1.807, 2.05) is 6.07 Å². The van der Waals surface area contributed by atoms with Gasteiger partial charge in [-0.2, -0.15) is 5.26 Å². The molecule has 0 fully saturated rings. The minimum atomic E-state index is -0.555. The van der Waals surface area contributed by atoms with Crippen molar-refractivity contribution in [3.63, 3.8) is 0 Å². The van der Waals surface area contributed by atoms with Crippen molar-refractivity contribution >= 4 is 29.2 Å². The number of alkyl halides is 1. The van der Waals surface area contributed by atoms with Crippen LogP contribution >= 0.6 is 23.2 Å². The standard InChI is InChI=1S/C11H9Cl2NO2/c1-2-16-11(15)9-7(5-12)3-4-8(6-14)10(9)13/h3-4H,2,5H2,1H3. The van der Waals surface area contributed by atoms with Crippen molar-refractivity contribution < 1.29 is 9.53 Å². The summed E-state index contributed by atoms with van der Waals surface area (Å²) in [4.78, 5) is 11.6. The van der Waals surface area contributed by atoms with Gasteiger partial charge in [-0.25, -0.2) is 4.79 Å². The number of benzene rings is 1. The molecular formula is C11H9Cl2NO2. The molecular weight excluding hydrogens is 249 g/mol. The summed E-state index contributed by atoms with van der Waals surface area (Å²) in [5, 5.41) is 8.89. The SMILES string of the molecule is CCOC(=O)c1c(CCl)ccc(C#N)c1Cl. The molecule has 1 aromatic rings. The Morgan fingerprint density at radius 2 is 2.25 bits per heavy atom. The second-order valence-electron chi connectivity index (χ2n) is 2.93. The number of carbonyl (C=O) groups is 1. The fourth-order valence-electron chi connectivity index (χ4n) is 1.24. The summed E-state index contributed by atoms with van der Waals surface area (Å²) in [6, 6.07) is 5.03. The topological polar surface area (TPSA) is 50.1 Å². The van der Waals surface area contributed by atoms with Gasteiger partial charge in [0.2, 0.25) is 0 Å². The largest absolute Gasteiger partial charge is 0.462 e. The third kappa shape index (κ3) is 2.46. The van der Waals surface area contributed by atoms with E-state index in [0.717, 1.165) is 0 Å². The van der Waals surface area contributed by atoms with Crippen LogP contribution in [-0.2, 0) is 10.6 Å². The van der Waals surface area contributed by atoms with Gasteiger partial charge in [0.1, 0.15) is 6.07 Å². The van der Waals surface area contributed by atoms with Gasteiger partial charge in [0.05, 0.1) is 22.8 Å². The summed E-state index contributed by atoms with van der Waals surface area (Å²) in [7, 11) is 0. The molecule has 16 heavy (non-hydrogen) atoms. The number of rotatable bonds is 3. The van der Waals surface area contributed by atoms with Gasteiger partial charge < -0.3 is 4.74 Å². The van der Waals surface area contributed by atoms with Crippen molar-refractivity contribution in [3.8, 4) is 6.07 Å². The number of esters is 1. The summed E-state index contributed by atoms with van der Waals surface area (Å²) in [5.74, 6) is -0.417. The van der Waals surface area contributed by atoms with Crippen molar-refractivity contribution in [1.29, 1.82) is 5.26 Å². The molecule has 0 amide bonds. The van der Waals surface area contributed by atoms with Gasteiger partial charge in [-0.3, -0.25) is 0 Å². The Kier molecular flexibility index (Phi) is 4.60. The zero-order valence-corrected chi connectivity index (χ0v) is 10.1. The van der Waals surface area contributed by atoms with E-state index in [-0.39, 0.29) is 28.6 Å². The molecule has 0 aliphatic heterocycles. The first-order valence-corrected chi connectivity index (χ1v) is 5.51. The normalized spacial score (nSPS) is 9.62. The van der Waals surface area contributed by atoms with E-state index in [1.165, 1.54) is 6.07 Å². The lowest BCUT2D eigenvalue weighted by molar-refractivity contribution is 0.0525. The predicted octanol–water partition coefficient (Wildman–Crippen LogP) is 3.13. The first-order chi connectivity index (χ1) is 7.65. The Labute approximate surface area is 104 Å². The average molecular weight is 258 g/mol. The minimum Gasteiger partial charge on any atom is -0.462 e. The maximum atomic E-state index is 11.6. The molecule has 84 valence electrons. The van der Waals surface area contributed by atoms with Gasteiger partial charge in [-0.1, -0.05) is 17.7 Å². The van der Waals surface area contributed by atoms with Crippen LogP contribution < -0.4 is 0 Å². The first-order valence-electron chi connectivity index (χ1n) is 4.60. The molecule has 0 bridgehead atoms. The van der Waals surface area contributed by atoms with Crippen molar-refractivity contribution in [3.05, 3.63) is 33.8 Å². The molecule has 0 aliphatic rings. The van der Waals surface area contributed by atoms with Gasteiger partial charge in [0.15, 0.2) is 0 Å². The number of hydrogen-bond acceptors (Lipinski definition) is 3. The van der Waals surface area contributed by atoms with Gasteiger partial charge in [-0.15, -0.1) is 11.6 Å². The first kappa shape index (κ1) is 12.8. The molecule has 0 spiro atoms. The summed E-state index contributed by atoms with van der Waals surface area (Å²) in [6.45, 7) is 1.94. The highest BCUT2D eigenvalue weighted by Gasteiger charge is 2.19. The van der Waals surface area contributed by atoms with E-state index in [0.29, 0.717) is 5.56 Å². The van der Waals surface area contributed by atoms with Crippen molar-refractivity contribution in [2.45, 2.75) is 12.8 Å². The van der Waals surface area contributed by atoms with Crippen molar-refractivity contribution in [1.82, 2.24) is 0 Å². The van der Waals surface area contributed by atoms with Crippen LogP contribution in [-0.4, -0.2) is 12.6 Å². The molecule has 1 aromatic carbocycles. The maximum Gasteiger partial charge on any atom is 0.340 e. The number of carbonyl (C=O) groups excluding carboxylic acids is 1. The number of nitriles is 1. The molecule has 0 saturated carbocycles. The van der Waals surface area contributed by atoms with Crippen LogP contribution in [0.5, 0.6) is 0 Å². The van der Waals surface area contributed by atoms with E-state index >= 15 is 0 Å². The third-order valence-corrected chi connectivity index (χ3v) is 2.65. The van der Waals surface area contributed by atoms with Crippen LogP contribution in [0.1, 0.15) is 28.4 Å². The molecule has 0 N–H and O–H groups in total. The summed E-state index contributed by atoms with van der Waals surface area (Å²) >= 11 is 11.6.